The van der Waals surface area contributed by atoms with Crippen LogP contribution < -0.4 is 10.6 Å². The molecule has 0 saturated carbocycles. The van der Waals surface area contributed by atoms with Crippen LogP contribution in [0.1, 0.15) is 36.8 Å². The Kier molecular flexibility index (Phi) is 11.6. The number of unbranched alkanes of at least 4 members (excludes halogenated alkanes) is 3. The summed E-state index contributed by atoms with van der Waals surface area (Å²) in [6.45, 7) is -0.0484. The van der Waals surface area contributed by atoms with Gasteiger partial charge < -0.3 is 20.1 Å². The number of alkyl carbamates (subject to hydrolysis) is 2. The average Bonchev–Trinajstić information content (AvgIpc) is 2.91. The molecule has 0 aliphatic heterocycles. The number of nitrogens with one attached hydrogen (secondary N) is 2. The van der Waals surface area contributed by atoms with E-state index in [0.29, 0.717) is 25.7 Å². The molecule has 0 bridgehead atoms. The van der Waals surface area contributed by atoms with Gasteiger partial charge in [-0.2, -0.15) is 0 Å². The summed E-state index contributed by atoms with van der Waals surface area (Å²) in [4.78, 5) is 63.7. The monoisotopic (exact) mass is 564 g/mol. The summed E-state index contributed by atoms with van der Waals surface area (Å²) in [5, 5.41) is 48.6. The van der Waals surface area contributed by atoms with E-state index in [1.54, 1.807) is 0 Å². The average molecular weight is 564 g/mol. The molecule has 2 amide bonds. The van der Waals surface area contributed by atoms with Gasteiger partial charge in [0.2, 0.25) is 0 Å². The van der Waals surface area contributed by atoms with Gasteiger partial charge in [0, 0.05) is 37.4 Å². The molecule has 0 atom stereocenters. The Balaban J connectivity index is 1.57. The van der Waals surface area contributed by atoms with E-state index in [9.17, 15) is 50.0 Å². The Morgan fingerprint density at radius 3 is 1.25 bits per heavy atom. The van der Waals surface area contributed by atoms with Gasteiger partial charge >= 0.3 is 34.9 Å². The second-order valence-corrected chi connectivity index (χ2v) is 8.09. The predicted octanol–water partition coefficient (Wildman–Crippen LogP) is 4.03. The van der Waals surface area contributed by atoms with Gasteiger partial charge in [0.05, 0.1) is 19.7 Å². The Labute approximate surface area is 224 Å². The number of benzene rings is 2. The fraction of sp³-hybridized carbons (Fsp3) is 0.364. The van der Waals surface area contributed by atoms with Crippen molar-refractivity contribution in [3.63, 3.8) is 0 Å². The van der Waals surface area contributed by atoms with Gasteiger partial charge in [-0.05, 0) is 36.1 Å². The van der Waals surface area contributed by atoms with E-state index in [0.717, 1.165) is 24.3 Å². The zero-order valence-electron chi connectivity index (χ0n) is 20.8. The lowest BCUT2D eigenvalue weighted by Crippen LogP contribution is -2.26. The highest BCUT2D eigenvalue weighted by atomic mass is 16.6. The van der Waals surface area contributed by atoms with Gasteiger partial charge in [-0.25, -0.2) is 9.59 Å². The summed E-state index contributed by atoms with van der Waals surface area (Å²) in [6, 6.07) is 6.38. The van der Waals surface area contributed by atoms with Crippen LogP contribution in [0.25, 0.3) is 0 Å². The Morgan fingerprint density at radius 2 is 0.925 bits per heavy atom. The first-order valence-electron chi connectivity index (χ1n) is 11.6. The fourth-order valence-corrected chi connectivity index (χ4v) is 3.30. The topological polar surface area (TPSA) is 249 Å². The number of carbonyl (C=O) groups is 2. The molecule has 2 aromatic rings. The number of hydrogen-bond acceptors (Lipinski definition) is 12. The number of nitro benzene ring substituents is 4. The lowest BCUT2D eigenvalue weighted by atomic mass is 10.2. The van der Waals surface area contributed by atoms with E-state index in [1.807, 2.05) is 0 Å². The van der Waals surface area contributed by atoms with Gasteiger partial charge in [0.15, 0.2) is 0 Å². The van der Waals surface area contributed by atoms with Gasteiger partial charge in [-0.1, -0.05) is 12.8 Å². The molecule has 18 nitrogen and oxygen atoms in total. The number of rotatable bonds is 15. The molecule has 0 unspecified atom stereocenters. The first kappa shape index (κ1) is 30.8. The molecule has 0 aromatic heterocycles. The molecule has 0 heterocycles. The minimum atomic E-state index is -0.891. The van der Waals surface area contributed by atoms with Crippen LogP contribution in [-0.4, -0.2) is 45.0 Å². The first-order chi connectivity index (χ1) is 19.0. The van der Waals surface area contributed by atoms with Crippen molar-refractivity contribution in [3.05, 3.63) is 88.0 Å². The first-order valence-corrected chi connectivity index (χ1v) is 11.6. The van der Waals surface area contributed by atoms with Crippen molar-refractivity contribution in [1.29, 1.82) is 0 Å². The number of hydrogen-bond donors (Lipinski definition) is 2. The van der Waals surface area contributed by atoms with Crippen LogP contribution in [-0.2, 0) is 22.7 Å². The zero-order chi connectivity index (χ0) is 29.7. The molecule has 40 heavy (non-hydrogen) atoms. The van der Waals surface area contributed by atoms with Crippen molar-refractivity contribution in [1.82, 2.24) is 10.6 Å². The van der Waals surface area contributed by atoms with Gasteiger partial charge in [0.1, 0.15) is 13.2 Å². The maximum Gasteiger partial charge on any atom is 0.407 e. The normalized spacial score (nSPS) is 10.3. The molecule has 214 valence electrons. The number of nitro groups is 4. The second kappa shape index (κ2) is 15.1. The molecule has 0 aliphatic rings. The van der Waals surface area contributed by atoms with E-state index in [-0.39, 0.29) is 37.4 Å². The summed E-state index contributed by atoms with van der Waals surface area (Å²) in [5.74, 6) is 0. The highest BCUT2D eigenvalue weighted by Gasteiger charge is 2.25. The van der Waals surface area contributed by atoms with E-state index in [4.69, 9.17) is 9.47 Å². The molecule has 2 aromatic carbocycles. The Bertz CT molecular complexity index is 1190. The van der Waals surface area contributed by atoms with Crippen molar-refractivity contribution in [2.75, 3.05) is 13.1 Å². The molecule has 18 heteroatoms. The number of nitrogens with zero attached hydrogens (tertiary/aromatic N) is 4. The van der Waals surface area contributed by atoms with Crippen LogP contribution in [0, 0.1) is 40.5 Å². The third-order valence-electron chi connectivity index (χ3n) is 5.25. The van der Waals surface area contributed by atoms with Crippen LogP contribution in [0.4, 0.5) is 32.3 Å². The van der Waals surface area contributed by atoms with Crippen molar-refractivity contribution >= 4 is 34.9 Å². The number of amides is 2. The molecule has 0 fully saturated rings. The highest BCUT2D eigenvalue weighted by Crippen LogP contribution is 2.28. The molecule has 0 radical (unpaired) electrons. The summed E-state index contributed by atoms with van der Waals surface area (Å²) in [6.07, 6.45) is 1.09. The minimum Gasteiger partial charge on any atom is -0.445 e. The lowest BCUT2D eigenvalue weighted by molar-refractivity contribution is -0.422. The maximum absolute atomic E-state index is 11.8. The fourth-order valence-electron chi connectivity index (χ4n) is 3.30. The number of ether oxygens (including phenoxy) is 2. The third-order valence-corrected chi connectivity index (χ3v) is 5.25. The van der Waals surface area contributed by atoms with Crippen LogP contribution in [0.15, 0.2) is 36.4 Å². The predicted molar refractivity (Wildman–Crippen MR) is 134 cm³/mol. The largest absolute Gasteiger partial charge is 0.445 e. The molecule has 0 spiro atoms. The van der Waals surface area contributed by atoms with E-state index < -0.39 is 54.6 Å². The van der Waals surface area contributed by atoms with Crippen LogP contribution >= 0.6 is 0 Å². The van der Waals surface area contributed by atoms with Crippen LogP contribution in [0.2, 0.25) is 0 Å². The highest BCUT2D eigenvalue weighted by molar-refractivity contribution is 5.67. The number of carbonyl (C=O) groups excluding carboxylic acids is 2. The summed E-state index contributed by atoms with van der Waals surface area (Å²) >= 11 is 0. The quantitative estimate of drug-likeness (QED) is 0.177. The molecule has 0 saturated heterocycles. The summed E-state index contributed by atoms with van der Waals surface area (Å²) in [5.41, 5.74) is -2.31. The Morgan fingerprint density at radius 1 is 0.575 bits per heavy atom. The van der Waals surface area contributed by atoms with Gasteiger partial charge in [-0.3, -0.25) is 40.5 Å². The van der Waals surface area contributed by atoms with E-state index >= 15 is 0 Å². The third kappa shape index (κ3) is 9.80. The second-order valence-electron chi connectivity index (χ2n) is 8.09. The smallest absolute Gasteiger partial charge is 0.407 e. The SMILES string of the molecule is O=C(NCCCCCCNC(=O)OCc1ccc([N+](=O)[O-])c([N+](=O)[O-])c1)OCc1ccc([N+](=O)[O-])c([N+](=O)[O-])c1. The molecule has 0 aliphatic carbocycles. The van der Waals surface area contributed by atoms with Crippen LogP contribution in [0.5, 0.6) is 0 Å². The maximum atomic E-state index is 11.8. The van der Waals surface area contributed by atoms with Crippen molar-refractivity contribution in [2.45, 2.75) is 38.9 Å². The van der Waals surface area contributed by atoms with Gasteiger partial charge in [-0.15, -0.1) is 0 Å². The van der Waals surface area contributed by atoms with Crippen LogP contribution in [0.3, 0.4) is 0 Å². The standard InChI is InChI=1S/C22H24N6O12/c29-21(39-13-15-5-7-17(25(31)32)19(11-15)27(35)36)23-9-3-1-2-4-10-24-22(30)40-14-16-6-8-18(26(33)34)20(12-16)28(37)38/h5-8,11-12H,1-4,9-10,13-14H2,(H,23,29)(H,24,30). The van der Waals surface area contributed by atoms with Crippen molar-refractivity contribution in [2.24, 2.45) is 0 Å². The molecule has 2 rings (SSSR count). The van der Waals surface area contributed by atoms with Gasteiger partial charge in [0.25, 0.3) is 0 Å². The van der Waals surface area contributed by atoms with Crippen molar-refractivity contribution in [3.8, 4) is 0 Å². The molecular weight excluding hydrogens is 540 g/mol. The zero-order valence-corrected chi connectivity index (χ0v) is 20.8. The van der Waals surface area contributed by atoms with E-state index in [1.165, 1.54) is 12.1 Å². The summed E-state index contributed by atoms with van der Waals surface area (Å²) < 4.78 is 9.91. The van der Waals surface area contributed by atoms with Crippen molar-refractivity contribution < 1.29 is 38.8 Å². The Hall–Kier alpha value is -5.42. The van der Waals surface area contributed by atoms with E-state index in [2.05, 4.69) is 10.6 Å². The minimum absolute atomic E-state index is 0.215. The summed E-state index contributed by atoms with van der Waals surface area (Å²) in [7, 11) is 0. The molecule has 2 N–H and O–H groups in total. The lowest BCUT2D eigenvalue weighted by Gasteiger charge is -2.08. The molecular formula is C22H24N6O12.